The number of ether oxygens (including phenoxy) is 1. The van der Waals surface area contributed by atoms with Crippen LogP contribution in [-0.2, 0) is 4.79 Å². The fourth-order valence-electron chi connectivity index (χ4n) is 3.18. The van der Waals surface area contributed by atoms with Gasteiger partial charge in [0.1, 0.15) is 18.1 Å². The predicted octanol–water partition coefficient (Wildman–Crippen LogP) is 0.643. The van der Waals surface area contributed by atoms with Crippen molar-refractivity contribution in [3.05, 3.63) is 29.8 Å². The average molecular weight is 361 g/mol. The van der Waals surface area contributed by atoms with Gasteiger partial charge >= 0.3 is 12.1 Å². The van der Waals surface area contributed by atoms with Gasteiger partial charge in [-0.05, 0) is 24.1 Å². The minimum absolute atomic E-state index is 0.110. The van der Waals surface area contributed by atoms with Crippen molar-refractivity contribution in [1.82, 2.24) is 26.2 Å². The first-order valence-corrected chi connectivity index (χ1v) is 8.59. The molecule has 2 aliphatic heterocycles. The van der Waals surface area contributed by atoms with Gasteiger partial charge in [-0.1, -0.05) is 19.1 Å². The van der Waals surface area contributed by atoms with Crippen LogP contribution in [-0.4, -0.2) is 48.9 Å². The van der Waals surface area contributed by atoms with E-state index >= 15 is 0 Å². The van der Waals surface area contributed by atoms with E-state index in [0.717, 1.165) is 17.7 Å². The van der Waals surface area contributed by atoms with Gasteiger partial charge in [0.15, 0.2) is 0 Å². The lowest BCUT2D eigenvalue weighted by molar-refractivity contribution is -0.122. The van der Waals surface area contributed by atoms with Gasteiger partial charge in [-0.3, -0.25) is 9.69 Å². The zero-order valence-corrected chi connectivity index (χ0v) is 14.7. The summed E-state index contributed by atoms with van der Waals surface area (Å²) in [7, 11) is 1.61. The summed E-state index contributed by atoms with van der Waals surface area (Å²) in [6.45, 7) is 2.22. The Morgan fingerprint density at radius 3 is 2.62 bits per heavy atom. The molecule has 5 amide bonds. The lowest BCUT2D eigenvalue weighted by Gasteiger charge is -2.22. The van der Waals surface area contributed by atoms with Crippen LogP contribution in [0.15, 0.2) is 24.3 Å². The summed E-state index contributed by atoms with van der Waals surface area (Å²) < 4.78 is 5.15. The van der Waals surface area contributed by atoms with E-state index in [1.165, 1.54) is 4.90 Å². The third kappa shape index (κ3) is 3.66. The van der Waals surface area contributed by atoms with E-state index in [-0.39, 0.29) is 37.0 Å². The highest BCUT2D eigenvalue weighted by atomic mass is 16.5. The number of urea groups is 2. The number of hydrogen-bond donors (Lipinski definition) is 4. The number of hydrogen-bond acceptors (Lipinski definition) is 4. The van der Waals surface area contributed by atoms with Gasteiger partial charge in [-0.2, -0.15) is 0 Å². The van der Waals surface area contributed by atoms with Crippen LogP contribution < -0.4 is 26.0 Å². The Bertz CT molecular complexity index is 693. The van der Waals surface area contributed by atoms with E-state index in [9.17, 15) is 14.4 Å². The maximum absolute atomic E-state index is 12.3. The van der Waals surface area contributed by atoms with Gasteiger partial charge in [0.05, 0.1) is 13.2 Å². The van der Waals surface area contributed by atoms with Gasteiger partial charge in [0, 0.05) is 13.0 Å². The third-order valence-electron chi connectivity index (χ3n) is 4.60. The second kappa shape index (κ2) is 7.51. The highest BCUT2D eigenvalue weighted by Gasteiger charge is 2.45. The molecule has 0 aliphatic carbocycles. The predicted molar refractivity (Wildman–Crippen MR) is 93.3 cm³/mol. The van der Waals surface area contributed by atoms with E-state index in [4.69, 9.17) is 4.74 Å². The first-order chi connectivity index (χ1) is 12.5. The van der Waals surface area contributed by atoms with Gasteiger partial charge in [-0.25, -0.2) is 9.59 Å². The SMILES string of the molecule is CC[C@H](NC(=O)CCN1C(=O)N[C@@H]2NC(=O)N[C@@H]21)c1ccc(OC)cc1. The normalized spacial score (nSPS) is 22.2. The molecule has 0 bridgehead atoms. The molecule has 9 heteroatoms. The summed E-state index contributed by atoms with van der Waals surface area (Å²) in [5.41, 5.74) is 0.993. The largest absolute Gasteiger partial charge is 0.497 e. The van der Waals surface area contributed by atoms with E-state index in [1.54, 1.807) is 7.11 Å². The van der Waals surface area contributed by atoms with Crippen molar-refractivity contribution in [3.63, 3.8) is 0 Å². The number of amides is 5. The van der Waals surface area contributed by atoms with Crippen molar-refractivity contribution in [3.8, 4) is 5.75 Å². The number of methoxy groups -OCH3 is 1. The number of nitrogens with zero attached hydrogens (tertiary/aromatic N) is 1. The molecule has 2 saturated heterocycles. The number of rotatable bonds is 7. The summed E-state index contributed by atoms with van der Waals surface area (Å²) in [4.78, 5) is 37.1. The van der Waals surface area contributed by atoms with E-state index < -0.39 is 12.3 Å². The molecule has 3 rings (SSSR count). The van der Waals surface area contributed by atoms with E-state index in [0.29, 0.717) is 0 Å². The average Bonchev–Trinajstić information content (AvgIpc) is 3.12. The molecule has 0 aromatic heterocycles. The monoisotopic (exact) mass is 361 g/mol. The van der Waals surface area contributed by atoms with Crippen LogP contribution in [0.1, 0.15) is 31.4 Å². The van der Waals surface area contributed by atoms with Crippen molar-refractivity contribution >= 4 is 18.0 Å². The van der Waals surface area contributed by atoms with Crippen molar-refractivity contribution in [2.24, 2.45) is 0 Å². The van der Waals surface area contributed by atoms with Crippen LogP contribution >= 0.6 is 0 Å². The number of carbonyl (C=O) groups is 3. The summed E-state index contributed by atoms with van der Waals surface area (Å²) in [6.07, 6.45) is -0.0290. The van der Waals surface area contributed by atoms with Gasteiger partial charge in [0.2, 0.25) is 5.91 Å². The molecule has 3 atom stereocenters. The summed E-state index contributed by atoms with van der Waals surface area (Å²) in [6, 6.07) is 6.81. The standard InChI is InChI=1S/C17H23N5O4/c1-3-12(10-4-6-11(26-2)7-5-10)18-13(23)8-9-22-15-14(20-17(22)25)19-16(24)21-15/h4-7,12,14-15H,3,8-9H2,1-2H3,(H,18,23)(H,20,25)(H2,19,21,24)/t12-,14-,15+/m0/s1. The maximum Gasteiger partial charge on any atom is 0.320 e. The molecule has 0 spiro atoms. The second-order valence-electron chi connectivity index (χ2n) is 6.23. The minimum Gasteiger partial charge on any atom is -0.497 e. The van der Waals surface area contributed by atoms with Crippen LogP contribution in [0.3, 0.4) is 0 Å². The van der Waals surface area contributed by atoms with Crippen LogP contribution in [0.4, 0.5) is 9.59 Å². The lowest BCUT2D eigenvalue weighted by Crippen LogP contribution is -2.45. The third-order valence-corrected chi connectivity index (χ3v) is 4.60. The van der Waals surface area contributed by atoms with Crippen molar-refractivity contribution in [2.45, 2.75) is 38.1 Å². The molecular formula is C17H23N5O4. The van der Waals surface area contributed by atoms with Crippen LogP contribution in [0.25, 0.3) is 0 Å². The zero-order chi connectivity index (χ0) is 18.7. The molecule has 1 aromatic carbocycles. The summed E-state index contributed by atoms with van der Waals surface area (Å²) >= 11 is 0. The second-order valence-corrected chi connectivity index (χ2v) is 6.23. The minimum atomic E-state index is -0.466. The molecule has 0 saturated carbocycles. The molecular weight excluding hydrogens is 338 g/mol. The van der Waals surface area contributed by atoms with E-state index in [1.807, 2.05) is 31.2 Å². The molecule has 2 heterocycles. The zero-order valence-electron chi connectivity index (χ0n) is 14.7. The van der Waals surface area contributed by atoms with Crippen molar-refractivity contribution < 1.29 is 19.1 Å². The number of benzene rings is 1. The van der Waals surface area contributed by atoms with Gasteiger partial charge < -0.3 is 26.0 Å². The molecule has 2 fully saturated rings. The fraction of sp³-hybridized carbons (Fsp3) is 0.471. The Morgan fingerprint density at radius 1 is 1.23 bits per heavy atom. The molecule has 0 unspecified atom stereocenters. The molecule has 0 radical (unpaired) electrons. The Kier molecular flexibility index (Phi) is 5.15. The lowest BCUT2D eigenvalue weighted by atomic mass is 10.0. The van der Waals surface area contributed by atoms with Crippen LogP contribution in [0, 0.1) is 0 Å². The number of carbonyl (C=O) groups excluding carboxylic acids is 3. The highest BCUT2D eigenvalue weighted by molar-refractivity contribution is 5.85. The van der Waals surface area contributed by atoms with Crippen LogP contribution in [0.2, 0.25) is 0 Å². The quantitative estimate of drug-likeness (QED) is 0.571. The Balaban J connectivity index is 1.54. The molecule has 4 N–H and O–H groups in total. The first-order valence-electron chi connectivity index (χ1n) is 8.59. The molecule has 140 valence electrons. The smallest absolute Gasteiger partial charge is 0.320 e. The molecule has 9 nitrogen and oxygen atoms in total. The Labute approximate surface area is 151 Å². The van der Waals surface area contributed by atoms with Crippen LogP contribution in [0.5, 0.6) is 5.75 Å². The van der Waals surface area contributed by atoms with E-state index in [2.05, 4.69) is 21.3 Å². The molecule has 2 aliphatic rings. The number of nitrogens with one attached hydrogen (secondary N) is 4. The van der Waals surface area contributed by atoms with Crippen molar-refractivity contribution in [1.29, 1.82) is 0 Å². The summed E-state index contributed by atoms with van der Waals surface area (Å²) in [5.74, 6) is 0.609. The maximum atomic E-state index is 12.3. The Hall–Kier alpha value is -2.97. The highest BCUT2D eigenvalue weighted by Crippen LogP contribution is 2.20. The van der Waals surface area contributed by atoms with Crippen molar-refractivity contribution in [2.75, 3.05) is 13.7 Å². The summed E-state index contributed by atoms with van der Waals surface area (Å²) in [5, 5.41) is 10.9. The molecule has 1 aromatic rings. The Morgan fingerprint density at radius 2 is 1.96 bits per heavy atom. The number of fused-ring (bicyclic) bond motifs is 1. The van der Waals surface area contributed by atoms with Gasteiger partial charge in [0.25, 0.3) is 0 Å². The first kappa shape index (κ1) is 17.8. The topological polar surface area (TPSA) is 112 Å². The molecule has 26 heavy (non-hydrogen) atoms. The fourth-order valence-corrected chi connectivity index (χ4v) is 3.18. The van der Waals surface area contributed by atoms with Gasteiger partial charge in [-0.15, -0.1) is 0 Å².